The van der Waals surface area contributed by atoms with E-state index >= 15 is 0 Å². The topological polar surface area (TPSA) is 90.0 Å². The fourth-order valence-electron chi connectivity index (χ4n) is 4.09. The van der Waals surface area contributed by atoms with Crippen LogP contribution < -0.4 is 5.32 Å². The van der Waals surface area contributed by atoms with Gasteiger partial charge in [-0.3, -0.25) is 24.8 Å². The van der Waals surface area contributed by atoms with Gasteiger partial charge in [0.1, 0.15) is 0 Å². The fourth-order valence-corrected chi connectivity index (χ4v) is 4.09. The number of likely N-dealkylation sites (tertiary alicyclic amines) is 1. The maximum absolute atomic E-state index is 13.0. The molecule has 4 heterocycles. The van der Waals surface area contributed by atoms with E-state index < -0.39 is 0 Å². The number of hydrogen-bond donors (Lipinski definition) is 2. The number of carbonyl (C=O) groups is 1. The molecule has 33 heavy (non-hydrogen) atoms. The molecule has 1 aliphatic heterocycles. The van der Waals surface area contributed by atoms with E-state index in [0.717, 1.165) is 53.8 Å². The highest BCUT2D eigenvalue weighted by Gasteiger charge is 2.17. The molecular formula is C25H27N7O. The minimum absolute atomic E-state index is 0.271. The van der Waals surface area contributed by atoms with Crippen LogP contribution in [0.15, 0.2) is 55.1 Å². The van der Waals surface area contributed by atoms with Gasteiger partial charge in [0.2, 0.25) is 0 Å². The molecule has 1 amide bonds. The molecule has 0 aliphatic carbocycles. The number of rotatable bonds is 7. The van der Waals surface area contributed by atoms with Crippen LogP contribution in [0.3, 0.4) is 0 Å². The largest absolute Gasteiger partial charge is 0.319 e. The normalized spacial score (nSPS) is 13.9. The molecule has 4 aromatic rings. The average Bonchev–Trinajstić information content (AvgIpc) is 3.20. The van der Waals surface area contributed by atoms with Crippen LogP contribution in [0.5, 0.6) is 0 Å². The van der Waals surface area contributed by atoms with Crippen LogP contribution in [-0.2, 0) is 13.1 Å². The maximum Gasteiger partial charge on any atom is 0.276 e. The third-order valence-electron chi connectivity index (χ3n) is 5.81. The van der Waals surface area contributed by atoms with E-state index in [1.165, 1.54) is 12.0 Å². The van der Waals surface area contributed by atoms with Gasteiger partial charge in [-0.1, -0.05) is 6.07 Å². The van der Waals surface area contributed by atoms with Crippen molar-refractivity contribution < 1.29 is 4.79 Å². The molecule has 2 N–H and O–H groups in total. The number of benzene rings is 1. The molecule has 0 saturated carbocycles. The van der Waals surface area contributed by atoms with Crippen molar-refractivity contribution in [2.75, 3.05) is 32.5 Å². The number of aromatic nitrogens is 4. The Hall–Kier alpha value is -3.62. The Balaban J connectivity index is 1.39. The van der Waals surface area contributed by atoms with Crippen LogP contribution in [0.1, 0.15) is 28.0 Å². The lowest BCUT2D eigenvalue weighted by atomic mass is 10.0. The van der Waals surface area contributed by atoms with Crippen molar-refractivity contribution in [2.24, 2.45) is 0 Å². The Labute approximate surface area is 192 Å². The van der Waals surface area contributed by atoms with Crippen molar-refractivity contribution in [3.05, 3.63) is 71.9 Å². The predicted molar refractivity (Wildman–Crippen MR) is 129 cm³/mol. The lowest BCUT2D eigenvalue weighted by Gasteiger charge is -2.30. The molecule has 3 aromatic heterocycles. The number of aromatic amines is 1. The lowest BCUT2D eigenvalue weighted by molar-refractivity contribution is 0.102. The number of nitrogens with zero attached hydrogens (tertiary/aromatic N) is 5. The average molecular weight is 442 g/mol. The molecule has 0 radical (unpaired) electrons. The summed E-state index contributed by atoms with van der Waals surface area (Å²) >= 11 is 0. The monoisotopic (exact) mass is 441 g/mol. The van der Waals surface area contributed by atoms with Crippen LogP contribution in [0.4, 0.5) is 5.69 Å². The molecule has 0 spiro atoms. The standard InChI is InChI=1S/C25H27N7O/c1-31(2)15-18-9-21(14-27-12-18)28-25(33)24-22-10-19(4-5-23(22)29-30-24)20-8-17(11-26-13-20)16-32-6-3-7-32/h4-5,8-14H,3,6-7,15-16H2,1-2H3,(H,28,33)(H,29,30). The third-order valence-corrected chi connectivity index (χ3v) is 5.81. The summed E-state index contributed by atoms with van der Waals surface area (Å²) in [7, 11) is 3.99. The first kappa shape index (κ1) is 21.2. The quantitative estimate of drug-likeness (QED) is 0.456. The van der Waals surface area contributed by atoms with Gasteiger partial charge in [0.05, 0.1) is 17.4 Å². The molecule has 0 bridgehead atoms. The summed E-state index contributed by atoms with van der Waals surface area (Å²) in [4.78, 5) is 26.2. The summed E-state index contributed by atoms with van der Waals surface area (Å²) in [5.74, 6) is -0.271. The summed E-state index contributed by atoms with van der Waals surface area (Å²) in [6.45, 7) is 3.97. The zero-order valence-corrected chi connectivity index (χ0v) is 18.9. The van der Waals surface area contributed by atoms with Crippen LogP contribution in [0.25, 0.3) is 22.0 Å². The number of carbonyl (C=O) groups excluding carboxylic acids is 1. The first-order chi connectivity index (χ1) is 16.0. The van der Waals surface area contributed by atoms with Gasteiger partial charge in [-0.15, -0.1) is 0 Å². The van der Waals surface area contributed by atoms with Crippen molar-refractivity contribution in [1.82, 2.24) is 30.0 Å². The maximum atomic E-state index is 13.0. The van der Waals surface area contributed by atoms with Gasteiger partial charge in [-0.2, -0.15) is 5.10 Å². The molecular weight excluding hydrogens is 414 g/mol. The summed E-state index contributed by atoms with van der Waals surface area (Å²) < 4.78 is 0. The van der Waals surface area contributed by atoms with E-state index in [9.17, 15) is 4.79 Å². The van der Waals surface area contributed by atoms with Gasteiger partial charge in [0.25, 0.3) is 5.91 Å². The van der Waals surface area contributed by atoms with Gasteiger partial charge < -0.3 is 10.2 Å². The molecule has 168 valence electrons. The van der Waals surface area contributed by atoms with Crippen LogP contribution in [-0.4, -0.2) is 63.1 Å². The zero-order chi connectivity index (χ0) is 22.8. The second-order valence-electron chi connectivity index (χ2n) is 8.82. The van der Waals surface area contributed by atoms with E-state index in [-0.39, 0.29) is 5.91 Å². The van der Waals surface area contributed by atoms with Crippen LogP contribution in [0.2, 0.25) is 0 Å². The minimum atomic E-state index is -0.271. The van der Waals surface area contributed by atoms with Crippen molar-refractivity contribution in [3.63, 3.8) is 0 Å². The van der Waals surface area contributed by atoms with Gasteiger partial charge in [-0.05, 0) is 74.6 Å². The predicted octanol–water partition coefficient (Wildman–Crippen LogP) is 3.54. The van der Waals surface area contributed by atoms with Crippen LogP contribution in [0, 0.1) is 0 Å². The lowest BCUT2D eigenvalue weighted by Crippen LogP contribution is -2.36. The van der Waals surface area contributed by atoms with Gasteiger partial charge in [-0.25, -0.2) is 0 Å². The summed E-state index contributed by atoms with van der Waals surface area (Å²) in [5.41, 5.74) is 6.07. The van der Waals surface area contributed by atoms with Crippen molar-refractivity contribution in [3.8, 4) is 11.1 Å². The first-order valence-electron chi connectivity index (χ1n) is 11.1. The highest BCUT2D eigenvalue weighted by molar-refractivity contribution is 6.11. The molecule has 0 atom stereocenters. The van der Waals surface area contributed by atoms with E-state index in [2.05, 4.69) is 41.3 Å². The number of H-pyrrole nitrogens is 1. The number of anilines is 1. The SMILES string of the molecule is CN(C)Cc1cncc(NC(=O)c2n[nH]c3ccc(-c4cncc(CN5CCC5)c4)cc23)c1. The number of nitrogens with one attached hydrogen (secondary N) is 2. The highest BCUT2D eigenvalue weighted by atomic mass is 16.1. The zero-order valence-electron chi connectivity index (χ0n) is 18.9. The van der Waals surface area contributed by atoms with Gasteiger partial charge in [0, 0.05) is 42.6 Å². The van der Waals surface area contributed by atoms with E-state index in [0.29, 0.717) is 11.4 Å². The Kier molecular flexibility index (Phi) is 5.85. The van der Waals surface area contributed by atoms with Gasteiger partial charge >= 0.3 is 0 Å². The first-order valence-corrected chi connectivity index (χ1v) is 11.1. The van der Waals surface area contributed by atoms with E-state index in [1.807, 2.05) is 50.8 Å². The van der Waals surface area contributed by atoms with E-state index in [1.54, 1.807) is 12.4 Å². The van der Waals surface area contributed by atoms with E-state index in [4.69, 9.17) is 0 Å². The Bertz CT molecular complexity index is 1290. The smallest absolute Gasteiger partial charge is 0.276 e. The number of hydrogen-bond acceptors (Lipinski definition) is 6. The Morgan fingerprint density at radius 1 is 1.03 bits per heavy atom. The summed E-state index contributed by atoms with van der Waals surface area (Å²) in [5, 5.41) is 11.0. The van der Waals surface area contributed by atoms with Crippen molar-refractivity contribution >= 4 is 22.5 Å². The fraction of sp³-hybridized carbons (Fsp3) is 0.280. The second kappa shape index (κ2) is 9.09. The van der Waals surface area contributed by atoms with Crippen molar-refractivity contribution in [1.29, 1.82) is 0 Å². The van der Waals surface area contributed by atoms with Crippen LogP contribution >= 0.6 is 0 Å². The molecule has 8 nitrogen and oxygen atoms in total. The molecule has 1 saturated heterocycles. The molecule has 1 aromatic carbocycles. The molecule has 5 rings (SSSR count). The third kappa shape index (κ3) is 4.76. The summed E-state index contributed by atoms with van der Waals surface area (Å²) in [6.07, 6.45) is 8.51. The van der Waals surface area contributed by atoms with Crippen molar-refractivity contribution in [2.45, 2.75) is 19.5 Å². The second-order valence-corrected chi connectivity index (χ2v) is 8.82. The minimum Gasteiger partial charge on any atom is -0.319 e. The molecule has 0 unspecified atom stereocenters. The Morgan fingerprint density at radius 3 is 2.64 bits per heavy atom. The number of pyridine rings is 2. The highest BCUT2D eigenvalue weighted by Crippen LogP contribution is 2.27. The van der Waals surface area contributed by atoms with Gasteiger partial charge in [0.15, 0.2) is 5.69 Å². The Morgan fingerprint density at radius 2 is 1.85 bits per heavy atom. The molecule has 8 heteroatoms. The molecule has 1 aliphatic rings. The number of amides is 1. The summed E-state index contributed by atoms with van der Waals surface area (Å²) in [6, 6.07) is 10.1. The number of fused-ring (bicyclic) bond motifs is 1. The molecule has 1 fully saturated rings.